The molecule has 2 aliphatic rings. The van der Waals surface area contributed by atoms with Crippen LogP contribution in [0.5, 0.6) is 0 Å². The SMILES string of the molecule is CC(NS(=O)(=O)c1ccc(C#N)nc1)C1CC2CCC1C2. The summed E-state index contributed by atoms with van der Waals surface area (Å²) in [7, 11) is -3.56. The first-order valence-corrected chi connectivity index (χ1v) is 8.86. The molecule has 0 saturated heterocycles. The Hall–Kier alpha value is -1.45. The molecule has 2 bridgehead atoms. The van der Waals surface area contributed by atoms with Crippen LogP contribution in [0.25, 0.3) is 0 Å². The molecule has 5 nitrogen and oxygen atoms in total. The Labute approximate surface area is 125 Å². The van der Waals surface area contributed by atoms with Crippen LogP contribution in [-0.4, -0.2) is 19.4 Å². The Morgan fingerprint density at radius 2 is 2.19 bits per heavy atom. The monoisotopic (exact) mass is 305 g/mol. The summed E-state index contributed by atoms with van der Waals surface area (Å²) in [6.07, 6.45) is 6.18. The summed E-state index contributed by atoms with van der Waals surface area (Å²) in [5, 5.41) is 8.70. The molecule has 2 aliphatic carbocycles. The molecule has 0 radical (unpaired) electrons. The molecule has 2 saturated carbocycles. The van der Waals surface area contributed by atoms with Gasteiger partial charge in [0.15, 0.2) is 0 Å². The average molecular weight is 305 g/mol. The predicted octanol–water partition coefficient (Wildman–Crippen LogP) is 2.06. The van der Waals surface area contributed by atoms with Crippen LogP contribution in [0.1, 0.15) is 38.3 Å². The van der Waals surface area contributed by atoms with E-state index >= 15 is 0 Å². The fourth-order valence-electron chi connectivity index (χ4n) is 3.91. The van der Waals surface area contributed by atoms with Crippen LogP contribution >= 0.6 is 0 Å². The van der Waals surface area contributed by atoms with Gasteiger partial charge in [0.2, 0.25) is 10.0 Å². The summed E-state index contributed by atoms with van der Waals surface area (Å²) in [5.41, 5.74) is 0.218. The van der Waals surface area contributed by atoms with Crippen molar-refractivity contribution in [3.63, 3.8) is 0 Å². The number of rotatable bonds is 4. The zero-order valence-corrected chi connectivity index (χ0v) is 12.8. The van der Waals surface area contributed by atoms with Crippen LogP contribution in [0.4, 0.5) is 0 Å². The molecular weight excluding hydrogens is 286 g/mol. The maximum absolute atomic E-state index is 12.4. The maximum atomic E-state index is 12.4. The molecule has 1 aromatic rings. The number of hydrogen-bond acceptors (Lipinski definition) is 4. The predicted molar refractivity (Wildman–Crippen MR) is 77.7 cm³/mol. The van der Waals surface area contributed by atoms with Gasteiger partial charge in [-0.2, -0.15) is 5.26 Å². The lowest BCUT2D eigenvalue weighted by atomic mass is 9.84. The van der Waals surface area contributed by atoms with Crippen LogP contribution in [0, 0.1) is 29.1 Å². The third-order valence-electron chi connectivity index (χ3n) is 4.94. The van der Waals surface area contributed by atoms with E-state index in [4.69, 9.17) is 5.26 Å². The van der Waals surface area contributed by atoms with Crippen LogP contribution in [0.15, 0.2) is 23.2 Å². The second-order valence-corrected chi connectivity index (χ2v) is 7.95. The molecule has 0 amide bonds. The molecule has 1 N–H and O–H groups in total. The summed E-state index contributed by atoms with van der Waals surface area (Å²) in [6, 6.07) is 4.69. The van der Waals surface area contributed by atoms with Gasteiger partial charge >= 0.3 is 0 Å². The number of aromatic nitrogens is 1. The van der Waals surface area contributed by atoms with Crippen LogP contribution in [-0.2, 0) is 10.0 Å². The number of nitrogens with one attached hydrogen (secondary N) is 1. The molecule has 0 aliphatic heterocycles. The van der Waals surface area contributed by atoms with Gasteiger partial charge in [-0.15, -0.1) is 0 Å². The Morgan fingerprint density at radius 1 is 1.38 bits per heavy atom. The minimum absolute atomic E-state index is 0.0547. The Morgan fingerprint density at radius 3 is 2.71 bits per heavy atom. The molecule has 112 valence electrons. The first-order valence-electron chi connectivity index (χ1n) is 7.38. The van der Waals surface area contributed by atoms with Gasteiger partial charge in [0.05, 0.1) is 0 Å². The van der Waals surface area contributed by atoms with E-state index < -0.39 is 10.0 Å². The summed E-state index contributed by atoms with van der Waals surface area (Å²) in [5.74, 6) is 1.92. The quantitative estimate of drug-likeness (QED) is 0.923. The lowest BCUT2D eigenvalue weighted by Crippen LogP contribution is -2.40. The fourth-order valence-corrected chi connectivity index (χ4v) is 5.15. The van der Waals surface area contributed by atoms with Gasteiger partial charge in [-0.05, 0) is 56.1 Å². The first kappa shape index (κ1) is 14.5. The third-order valence-corrected chi connectivity index (χ3v) is 6.48. The highest BCUT2D eigenvalue weighted by Crippen LogP contribution is 2.49. The molecule has 4 unspecified atom stereocenters. The standard InChI is InChI=1S/C15H19N3O2S/c1-10(15-7-11-2-3-12(15)6-11)18-21(19,20)14-5-4-13(8-16)17-9-14/h4-5,9-12,15,18H,2-3,6-7H2,1H3. The molecule has 2 fully saturated rings. The fraction of sp³-hybridized carbons (Fsp3) is 0.600. The number of sulfonamides is 1. The second kappa shape index (κ2) is 5.39. The number of nitriles is 1. The highest BCUT2D eigenvalue weighted by molar-refractivity contribution is 7.89. The van der Waals surface area contributed by atoms with Crippen molar-refractivity contribution in [3.05, 3.63) is 24.0 Å². The van der Waals surface area contributed by atoms with E-state index in [0.29, 0.717) is 11.8 Å². The summed E-state index contributed by atoms with van der Waals surface area (Å²) in [4.78, 5) is 3.95. The molecule has 4 atom stereocenters. The lowest BCUT2D eigenvalue weighted by molar-refractivity contribution is 0.280. The van der Waals surface area contributed by atoms with Crippen LogP contribution in [0.2, 0.25) is 0 Å². The van der Waals surface area contributed by atoms with Gasteiger partial charge in [-0.1, -0.05) is 6.42 Å². The lowest BCUT2D eigenvalue weighted by Gasteiger charge is -2.28. The molecule has 0 aromatic carbocycles. The van der Waals surface area contributed by atoms with Gasteiger partial charge in [0.1, 0.15) is 16.7 Å². The normalized spacial score (nSPS) is 29.2. The highest BCUT2D eigenvalue weighted by Gasteiger charge is 2.42. The van der Waals surface area contributed by atoms with Gasteiger partial charge < -0.3 is 0 Å². The Bertz CT molecular complexity index is 663. The molecular formula is C15H19N3O2S. The zero-order valence-electron chi connectivity index (χ0n) is 12.0. The van der Waals surface area contributed by atoms with Gasteiger partial charge in [-0.3, -0.25) is 0 Å². The van der Waals surface area contributed by atoms with Crippen molar-refractivity contribution < 1.29 is 8.42 Å². The van der Waals surface area contributed by atoms with E-state index in [-0.39, 0.29) is 16.6 Å². The molecule has 0 spiro atoms. The molecule has 1 aromatic heterocycles. The number of pyridine rings is 1. The van der Waals surface area contributed by atoms with Gasteiger partial charge in [0.25, 0.3) is 0 Å². The zero-order chi connectivity index (χ0) is 15.0. The van der Waals surface area contributed by atoms with E-state index in [0.717, 1.165) is 12.3 Å². The topological polar surface area (TPSA) is 82.9 Å². The van der Waals surface area contributed by atoms with Crippen molar-refractivity contribution in [1.29, 1.82) is 5.26 Å². The minimum atomic E-state index is -3.56. The van der Waals surface area contributed by atoms with Crippen molar-refractivity contribution in [1.82, 2.24) is 9.71 Å². The minimum Gasteiger partial charge on any atom is -0.244 e. The molecule has 1 heterocycles. The third kappa shape index (κ3) is 2.81. The number of nitrogens with zero attached hydrogens (tertiary/aromatic N) is 2. The van der Waals surface area contributed by atoms with Crippen molar-refractivity contribution >= 4 is 10.0 Å². The van der Waals surface area contributed by atoms with E-state index in [1.54, 1.807) is 0 Å². The van der Waals surface area contributed by atoms with Gasteiger partial charge in [0, 0.05) is 12.2 Å². The Balaban J connectivity index is 1.72. The second-order valence-electron chi connectivity index (χ2n) is 6.24. The van der Waals surface area contributed by atoms with Crippen LogP contribution < -0.4 is 4.72 Å². The van der Waals surface area contributed by atoms with E-state index in [1.807, 2.05) is 13.0 Å². The highest BCUT2D eigenvalue weighted by atomic mass is 32.2. The van der Waals surface area contributed by atoms with E-state index in [9.17, 15) is 8.42 Å². The maximum Gasteiger partial charge on any atom is 0.242 e. The van der Waals surface area contributed by atoms with E-state index in [1.165, 1.54) is 37.6 Å². The summed E-state index contributed by atoms with van der Waals surface area (Å²) >= 11 is 0. The number of hydrogen-bond donors (Lipinski definition) is 1. The summed E-state index contributed by atoms with van der Waals surface area (Å²) < 4.78 is 27.5. The molecule has 3 rings (SSSR count). The largest absolute Gasteiger partial charge is 0.244 e. The molecule has 6 heteroatoms. The Kier molecular flexibility index (Phi) is 3.72. The van der Waals surface area contributed by atoms with Gasteiger partial charge in [-0.25, -0.2) is 18.1 Å². The number of fused-ring (bicyclic) bond motifs is 2. The van der Waals surface area contributed by atoms with Crippen molar-refractivity contribution in [2.45, 2.75) is 43.5 Å². The summed E-state index contributed by atoms with van der Waals surface area (Å²) in [6.45, 7) is 1.96. The van der Waals surface area contributed by atoms with E-state index in [2.05, 4.69) is 9.71 Å². The smallest absolute Gasteiger partial charge is 0.242 e. The average Bonchev–Trinajstić information content (AvgIpc) is 3.09. The first-order chi connectivity index (χ1) is 9.99. The van der Waals surface area contributed by atoms with Crippen molar-refractivity contribution in [3.8, 4) is 6.07 Å². The molecule has 21 heavy (non-hydrogen) atoms. The van der Waals surface area contributed by atoms with Crippen molar-refractivity contribution in [2.24, 2.45) is 17.8 Å². The van der Waals surface area contributed by atoms with Crippen LogP contribution in [0.3, 0.4) is 0 Å². The van der Waals surface area contributed by atoms with Crippen molar-refractivity contribution in [2.75, 3.05) is 0 Å².